The summed E-state index contributed by atoms with van der Waals surface area (Å²) < 4.78 is 32.5. The molecule has 1 aliphatic rings. The van der Waals surface area contributed by atoms with Crippen molar-refractivity contribution in [1.29, 1.82) is 0 Å². The molecule has 1 atom stereocenters. The summed E-state index contributed by atoms with van der Waals surface area (Å²) in [7, 11) is -2.03. The van der Waals surface area contributed by atoms with E-state index < -0.39 is 15.9 Å². The van der Waals surface area contributed by atoms with E-state index in [0.717, 1.165) is 12.8 Å². The van der Waals surface area contributed by atoms with E-state index in [9.17, 15) is 13.2 Å². The van der Waals surface area contributed by atoms with Crippen LogP contribution in [0.15, 0.2) is 12.4 Å². The Hall–Kier alpha value is -1.41. The van der Waals surface area contributed by atoms with Crippen LogP contribution >= 0.6 is 0 Å². The molecule has 1 aromatic rings. The number of ether oxygens (including phenoxy) is 1. The van der Waals surface area contributed by atoms with Gasteiger partial charge in [-0.25, -0.2) is 13.1 Å². The third kappa shape index (κ3) is 4.03. The monoisotopic (exact) mass is 287 g/mol. The van der Waals surface area contributed by atoms with E-state index in [4.69, 9.17) is 4.74 Å². The Balaban J connectivity index is 1.94. The topological polar surface area (TPSA) is 90.3 Å². The SMILES string of the molecule is Cn1cc(C(=O)NS(=O)(=O)C[C@@H]2CCCCO2)cn1. The van der Waals surface area contributed by atoms with E-state index in [1.54, 1.807) is 7.05 Å². The van der Waals surface area contributed by atoms with Crippen LogP contribution in [0.3, 0.4) is 0 Å². The summed E-state index contributed by atoms with van der Waals surface area (Å²) in [5.74, 6) is -0.845. The average Bonchev–Trinajstić information content (AvgIpc) is 2.76. The first-order chi connectivity index (χ1) is 8.96. The molecule has 1 N–H and O–H groups in total. The molecule has 0 spiro atoms. The van der Waals surface area contributed by atoms with E-state index in [1.165, 1.54) is 17.1 Å². The van der Waals surface area contributed by atoms with Crippen LogP contribution in [0.5, 0.6) is 0 Å². The second-order valence-corrected chi connectivity index (χ2v) is 6.37. The molecule has 1 fully saturated rings. The van der Waals surface area contributed by atoms with Crippen molar-refractivity contribution in [2.75, 3.05) is 12.4 Å². The largest absolute Gasteiger partial charge is 0.377 e. The molecule has 0 radical (unpaired) electrons. The van der Waals surface area contributed by atoms with E-state index in [1.807, 2.05) is 4.72 Å². The first kappa shape index (κ1) is 14.0. The number of nitrogens with zero attached hydrogens (tertiary/aromatic N) is 2. The van der Waals surface area contributed by atoms with Crippen LogP contribution in [0, 0.1) is 0 Å². The molecule has 2 heterocycles. The Morgan fingerprint density at radius 3 is 2.95 bits per heavy atom. The minimum absolute atomic E-state index is 0.182. The lowest BCUT2D eigenvalue weighted by Gasteiger charge is -2.22. The Kier molecular flexibility index (Phi) is 4.20. The van der Waals surface area contributed by atoms with Crippen molar-refractivity contribution in [1.82, 2.24) is 14.5 Å². The van der Waals surface area contributed by atoms with E-state index in [0.29, 0.717) is 13.0 Å². The fraction of sp³-hybridized carbons (Fsp3) is 0.636. The zero-order valence-corrected chi connectivity index (χ0v) is 11.5. The van der Waals surface area contributed by atoms with Gasteiger partial charge >= 0.3 is 0 Å². The number of aryl methyl sites for hydroxylation is 1. The number of sulfonamides is 1. The first-order valence-electron chi connectivity index (χ1n) is 6.11. The van der Waals surface area contributed by atoms with Gasteiger partial charge in [-0.05, 0) is 19.3 Å². The van der Waals surface area contributed by atoms with Crippen molar-refractivity contribution in [3.8, 4) is 0 Å². The number of carbonyl (C=O) groups is 1. The second-order valence-electron chi connectivity index (χ2n) is 4.60. The van der Waals surface area contributed by atoms with Crippen molar-refractivity contribution < 1.29 is 17.9 Å². The molecule has 8 heteroatoms. The first-order valence-corrected chi connectivity index (χ1v) is 7.76. The maximum Gasteiger partial charge on any atom is 0.267 e. The molecule has 0 saturated carbocycles. The molecule has 1 aromatic heterocycles. The highest BCUT2D eigenvalue weighted by atomic mass is 32.2. The second kappa shape index (κ2) is 5.70. The maximum atomic E-state index is 11.9. The summed E-state index contributed by atoms with van der Waals surface area (Å²) >= 11 is 0. The van der Waals surface area contributed by atoms with Crippen LogP contribution in [0.4, 0.5) is 0 Å². The molecular formula is C11H17N3O4S. The van der Waals surface area contributed by atoms with Gasteiger partial charge in [-0.3, -0.25) is 9.48 Å². The van der Waals surface area contributed by atoms with Crippen LogP contribution in [-0.2, 0) is 21.8 Å². The molecular weight excluding hydrogens is 270 g/mol. The zero-order valence-electron chi connectivity index (χ0n) is 10.7. The molecule has 1 saturated heterocycles. The zero-order chi connectivity index (χ0) is 13.9. The molecule has 0 bridgehead atoms. The third-order valence-corrected chi connectivity index (χ3v) is 4.20. The number of aromatic nitrogens is 2. The lowest BCUT2D eigenvalue weighted by atomic mass is 10.1. The number of rotatable bonds is 4. The summed E-state index contributed by atoms with van der Waals surface area (Å²) in [4.78, 5) is 11.7. The van der Waals surface area contributed by atoms with Gasteiger partial charge in [-0.2, -0.15) is 5.10 Å². The van der Waals surface area contributed by atoms with Crippen molar-refractivity contribution in [2.24, 2.45) is 7.05 Å². The predicted molar refractivity (Wildman–Crippen MR) is 68.1 cm³/mol. The number of amides is 1. The third-order valence-electron chi connectivity index (χ3n) is 2.89. The average molecular weight is 287 g/mol. The molecule has 1 aliphatic heterocycles. The molecule has 1 amide bonds. The summed E-state index contributed by atoms with van der Waals surface area (Å²) in [6, 6.07) is 0. The highest BCUT2D eigenvalue weighted by molar-refractivity contribution is 7.90. The van der Waals surface area contributed by atoms with Gasteiger partial charge in [-0.1, -0.05) is 0 Å². The number of carbonyl (C=O) groups excluding carboxylic acids is 1. The Morgan fingerprint density at radius 1 is 1.58 bits per heavy atom. The van der Waals surface area contributed by atoms with E-state index in [-0.39, 0.29) is 17.4 Å². The van der Waals surface area contributed by atoms with Crippen LogP contribution < -0.4 is 4.72 Å². The Morgan fingerprint density at radius 2 is 2.37 bits per heavy atom. The Labute approximate surface area is 112 Å². The predicted octanol–water partition coefficient (Wildman–Crippen LogP) is 0.0488. The maximum absolute atomic E-state index is 11.9. The van der Waals surface area contributed by atoms with Gasteiger partial charge in [0.2, 0.25) is 10.0 Å². The van der Waals surface area contributed by atoms with Gasteiger partial charge in [0.1, 0.15) is 0 Å². The highest BCUT2D eigenvalue weighted by Crippen LogP contribution is 2.14. The van der Waals surface area contributed by atoms with Crippen LogP contribution in [0.25, 0.3) is 0 Å². The summed E-state index contributed by atoms with van der Waals surface area (Å²) in [5.41, 5.74) is 0.218. The van der Waals surface area contributed by atoms with E-state index >= 15 is 0 Å². The smallest absolute Gasteiger partial charge is 0.267 e. The van der Waals surface area contributed by atoms with Crippen LogP contribution in [0.2, 0.25) is 0 Å². The van der Waals surface area contributed by atoms with Crippen molar-refractivity contribution >= 4 is 15.9 Å². The van der Waals surface area contributed by atoms with Crippen LogP contribution in [0.1, 0.15) is 29.6 Å². The molecule has 0 aromatic carbocycles. The molecule has 0 unspecified atom stereocenters. The summed E-state index contributed by atoms with van der Waals surface area (Å²) in [5, 5.41) is 3.82. The fourth-order valence-corrected chi connectivity index (χ4v) is 3.20. The summed E-state index contributed by atoms with van der Waals surface area (Å²) in [6.07, 6.45) is 5.08. The van der Waals surface area contributed by atoms with Crippen molar-refractivity contribution in [3.63, 3.8) is 0 Å². The summed E-state index contributed by atoms with van der Waals surface area (Å²) in [6.45, 7) is 0.580. The van der Waals surface area contributed by atoms with E-state index in [2.05, 4.69) is 5.10 Å². The fourth-order valence-electron chi connectivity index (χ4n) is 1.96. The van der Waals surface area contributed by atoms with Gasteiger partial charge < -0.3 is 4.74 Å². The lowest BCUT2D eigenvalue weighted by Crippen LogP contribution is -2.38. The minimum atomic E-state index is -3.68. The van der Waals surface area contributed by atoms with Crippen molar-refractivity contribution in [2.45, 2.75) is 25.4 Å². The van der Waals surface area contributed by atoms with Gasteiger partial charge in [0, 0.05) is 19.9 Å². The lowest BCUT2D eigenvalue weighted by molar-refractivity contribution is 0.0304. The molecule has 19 heavy (non-hydrogen) atoms. The van der Waals surface area contributed by atoms with Gasteiger partial charge in [-0.15, -0.1) is 0 Å². The normalized spacial score (nSPS) is 20.2. The quantitative estimate of drug-likeness (QED) is 0.845. The molecule has 2 rings (SSSR count). The standard InChI is InChI=1S/C11H17N3O4S/c1-14-7-9(6-12-14)11(15)13-19(16,17)8-10-4-2-3-5-18-10/h6-7,10H,2-5,8H2,1H3,(H,13,15)/t10-/m0/s1. The van der Waals surface area contributed by atoms with Gasteiger partial charge in [0.05, 0.1) is 23.6 Å². The highest BCUT2D eigenvalue weighted by Gasteiger charge is 2.24. The molecule has 0 aliphatic carbocycles. The molecule has 106 valence electrons. The van der Waals surface area contributed by atoms with Gasteiger partial charge in [0.15, 0.2) is 0 Å². The number of hydrogen-bond acceptors (Lipinski definition) is 5. The number of nitrogens with one attached hydrogen (secondary N) is 1. The minimum Gasteiger partial charge on any atom is -0.377 e. The van der Waals surface area contributed by atoms with Crippen LogP contribution in [-0.4, -0.2) is 42.6 Å². The Bertz CT molecular complexity index is 546. The van der Waals surface area contributed by atoms with Gasteiger partial charge in [0.25, 0.3) is 5.91 Å². The number of hydrogen-bond donors (Lipinski definition) is 1. The molecule has 7 nitrogen and oxygen atoms in total. The van der Waals surface area contributed by atoms with Crippen molar-refractivity contribution in [3.05, 3.63) is 18.0 Å².